The van der Waals surface area contributed by atoms with E-state index in [4.69, 9.17) is 0 Å². The molecule has 0 aromatic heterocycles. The van der Waals surface area contributed by atoms with E-state index in [0.29, 0.717) is 0 Å². The molecule has 1 aliphatic heterocycles. The van der Waals surface area contributed by atoms with Crippen LogP contribution < -0.4 is 0 Å². The van der Waals surface area contributed by atoms with Gasteiger partial charge in [0.25, 0.3) is 0 Å². The number of hydrogen-bond donors (Lipinski definition) is 0. The predicted octanol–water partition coefficient (Wildman–Crippen LogP) is 2.71. The molecule has 0 unspecified atom stereocenters. The average molecular weight is 142 g/mol. The fraction of sp³-hybridized carbons (Fsp3) is 0.750. The van der Waals surface area contributed by atoms with Gasteiger partial charge in [-0.1, -0.05) is 6.08 Å². The first-order valence-electron chi connectivity index (χ1n) is 3.62. The van der Waals surface area contributed by atoms with E-state index in [0.717, 1.165) is 5.92 Å². The highest BCUT2D eigenvalue weighted by atomic mass is 32.2. The van der Waals surface area contributed by atoms with Crippen LogP contribution in [0.2, 0.25) is 0 Å². The van der Waals surface area contributed by atoms with Crippen LogP contribution in [0.15, 0.2) is 12.7 Å². The lowest BCUT2D eigenvalue weighted by Gasteiger charge is -2.24. The van der Waals surface area contributed by atoms with Crippen molar-refractivity contribution in [3.05, 3.63) is 12.7 Å². The van der Waals surface area contributed by atoms with Gasteiger partial charge < -0.3 is 0 Å². The van der Waals surface area contributed by atoms with Crippen molar-refractivity contribution >= 4 is 11.8 Å². The number of rotatable bonds is 4. The third-order valence-electron chi connectivity index (χ3n) is 1.73. The van der Waals surface area contributed by atoms with Crippen molar-refractivity contribution in [3.63, 3.8) is 0 Å². The van der Waals surface area contributed by atoms with Gasteiger partial charge in [0, 0.05) is 0 Å². The first-order chi connectivity index (χ1) is 4.43. The highest BCUT2D eigenvalue weighted by molar-refractivity contribution is 8.00. The van der Waals surface area contributed by atoms with Crippen LogP contribution in [0.3, 0.4) is 0 Å². The molecular weight excluding hydrogens is 128 g/mol. The molecule has 0 aromatic carbocycles. The van der Waals surface area contributed by atoms with E-state index < -0.39 is 0 Å². The second-order valence-corrected chi connectivity index (χ2v) is 3.70. The molecule has 0 N–H and O–H groups in total. The van der Waals surface area contributed by atoms with Gasteiger partial charge in [0.15, 0.2) is 0 Å². The number of thioether (sulfide) groups is 1. The molecule has 9 heavy (non-hydrogen) atoms. The molecule has 1 heterocycles. The quantitative estimate of drug-likeness (QED) is 0.429. The van der Waals surface area contributed by atoms with Crippen LogP contribution in [0, 0.1) is 5.92 Å². The maximum Gasteiger partial charge on any atom is -0.00311 e. The summed E-state index contributed by atoms with van der Waals surface area (Å²) in [5.41, 5.74) is 0. The Bertz CT molecular complexity index is 84.6. The lowest BCUT2D eigenvalue weighted by molar-refractivity contribution is 0.553. The molecule has 1 heteroatoms. The van der Waals surface area contributed by atoms with Crippen molar-refractivity contribution in [1.29, 1.82) is 0 Å². The summed E-state index contributed by atoms with van der Waals surface area (Å²) in [6.07, 6.45) is 6.01. The fourth-order valence-corrected chi connectivity index (χ4v) is 1.90. The molecule has 0 atom stereocenters. The molecule has 0 amide bonds. The normalized spacial score (nSPS) is 19.1. The summed E-state index contributed by atoms with van der Waals surface area (Å²) in [5.74, 6) is 3.88. The van der Waals surface area contributed by atoms with Gasteiger partial charge in [-0.3, -0.25) is 0 Å². The Morgan fingerprint density at radius 1 is 1.56 bits per heavy atom. The molecule has 1 fully saturated rings. The first kappa shape index (κ1) is 7.20. The van der Waals surface area contributed by atoms with Gasteiger partial charge in [0.05, 0.1) is 0 Å². The minimum atomic E-state index is 1.05. The van der Waals surface area contributed by atoms with Gasteiger partial charge in [0.2, 0.25) is 0 Å². The highest BCUT2D eigenvalue weighted by Gasteiger charge is 2.16. The highest BCUT2D eigenvalue weighted by Crippen LogP contribution is 2.28. The molecule has 1 aliphatic rings. The Morgan fingerprint density at radius 3 is 2.78 bits per heavy atom. The Morgan fingerprint density at radius 2 is 2.33 bits per heavy atom. The zero-order valence-electron chi connectivity index (χ0n) is 5.81. The summed E-state index contributed by atoms with van der Waals surface area (Å²) in [5, 5.41) is 0. The van der Waals surface area contributed by atoms with E-state index in [1.807, 2.05) is 6.08 Å². The number of allylic oxidation sites excluding steroid dienone is 1. The van der Waals surface area contributed by atoms with Crippen molar-refractivity contribution in [3.8, 4) is 0 Å². The molecule has 52 valence electrons. The summed E-state index contributed by atoms with van der Waals surface area (Å²) >= 11 is 2.08. The molecule has 0 nitrogen and oxygen atoms in total. The SMILES string of the molecule is C=CCCCC1CSC1. The molecule has 1 saturated heterocycles. The third kappa shape index (κ3) is 2.44. The van der Waals surface area contributed by atoms with Crippen molar-refractivity contribution in [2.45, 2.75) is 19.3 Å². The summed E-state index contributed by atoms with van der Waals surface area (Å²) in [6.45, 7) is 3.70. The van der Waals surface area contributed by atoms with Crippen molar-refractivity contribution in [2.24, 2.45) is 5.92 Å². The second kappa shape index (κ2) is 3.99. The van der Waals surface area contributed by atoms with Crippen LogP contribution in [-0.4, -0.2) is 11.5 Å². The molecule has 1 rings (SSSR count). The minimum absolute atomic E-state index is 1.05. The standard InChI is InChI=1S/C8H14S/c1-2-3-4-5-8-6-9-7-8/h2,8H,1,3-7H2. The van der Waals surface area contributed by atoms with Crippen LogP contribution in [0.4, 0.5) is 0 Å². The zero-order chi connectivity index (χ0) is 6.53. The number of unbranched alkanes of at least 4 members (excludes halogenated alkanes) is 1. The van der Waals surface area contributed by atoms with E-state index >= 15 is 0 Å². The monoisotopic (exact) mass is 142 g/mol. The van der Waals surface area contributed by atoms with E-state index in [1.54, 1.807) is 0 Å². The van der Waals surface area contributed by atoms with Gasteiger partial charge in [-0.15, -0.1) is 6.58 Å². The Balaban J connectivity index is 1.85. The summed E-state index contributed by atoms with van der Waals surface area (Å²) in [6, 6.07) is 0. The summed E-state index contributed by atoms with van der Waals surface area (Å²) < 4.78 is 0. The molecular formula is C8H14S. The molecule has 0 aliphatic carbocycles. The van der Waals surface area contributed by atoms with E-state index in [-0.39, 0.29) is 0 Å². The molecule has 0 radical (unpaired) electrons. The predicted molar refractivity (Wildman–Crippen MR) is 44.9 cm³/mol. The van der Waals surface area contributed by atoms with Gasteiger partial charge in [-0.2, -0.15) is 11.8 Å². The Kier molecular flexibility index (Phi) is 3.20. The lowest BCUT2D eigenvalue weighted by atomic mass is 10.1. The third-order valence-corrected chi connectivity index (χ3v) is 3.14. The average Bonchev–Trinajstić information content (AvgIpc) is 1.76. The lowest BCUT2D eigenvalue weighted by Crippen LogP contribution is -2.17. The topological polar surface area (TPSA) is 0 Å². The van der Waals surface area contributed by atoms with Gasteiger partial charge in [0.1, 0.15) is 0 Å². The Labute approximate surface area is 61.7 Å². The van der Waals surface area contributed by atoms with Crippen LogP contribution >= 0.6 is 11.8 Å². The Hall–Kier alpha value is 0.0900. The van der Waals surface area contributed by atoms with E-state index in [2.05, 4.69) is 18.3 Å². The van der Waals surface area contributed by atoms with Crippen molar-refractivity contribution in [1.82, 2.24) is 0 Å². The minimum Gasteiger partial charge on any atom is -0.161 e. The molecule has 0 saturated carbocycles. The summed E-state index contributed by atoms with van der Waals surface area (Å²) in [7, 11) is 0. The molecule has 0 aromatic rings. The van der Waals surface area contributed by atoms with Crippen LogP contribution in [0.5, 0.6) is 0 Å². The fourth-order valence-electron chi connectivity index (χ4n) is 1.00. The van der Waals surface area contributed by atoms with E-state index in [1.165, 1.54) is 30.8 Å². The maximum atomic E-state index is 3.70. The summed E-state index contributed by atoms with van der Waals surface area (Å²) in [4.78, 5) is 0. The zero-order valence-corrected chi connectivity index (χ0v) is 6.62. The first-order valence-corrected chi connectivity index (χ1v) is 4.77. The van der Waals surface area contributed by atoms with Crippen LogP contribution in [0.1, 0.15) is 19.3 Å². The van der Waals surface area contributed by atoms with Gasteiger partial charge in [-0.05, 0) is 36.7 Å². The van der Waals surface area contributed by atoms with Crippen molar-refractivity contribution in [2.75, 3.05) is 11.5 Å². The smallest absolute Gasteiger partial charge is 0.00311 e. The van der Waals surface area contributed by atoms with Gasteiger partial charge in [-0.25, -0.2) is 0 Å². The number of hydrogen-bond acceptors (Lipinski definition) is 1. The largest absolute Gasteiger partial charge is 0.161 e. The molecule has 0 bridgehead atoms. The van der Waals surface area contributed by atoms with E-state index in [9.17, 15) is 0 Å². The van der Waals surface area contributed by atoms with Crippen LogP contribution in [-0.2, 0) is 0 Å². The second-order valence-electron chi connectivity index (χ2n) is 2.62. The van der Waals surface area contributed by atoms with Crippen molar-refractivity contribution < 1.29 is 0 Å². The maximum absolute atomic E-state index is 3.70. The molecule has 0 spiro atoms. The van der Waals surface area contributed by atoms with Crippen LogP contribution in [0.25, 0.3) is 0 Å². The van der Waals surface area contributed by atoms with Gasteiger partial charge >= 0.3 is 0 Å².